The third kappa shape index (κ3) is 2.47. The summed E-state index contributed by atoms with van der Waals surface area (Å²) in [6.45, 7) is 3.61. The number of halogens is 1. The van der Waals surface area contributed by atoms with Crippen LogP contribution in [0.15, 0.2) is 47.8 Å². The lowest BCUT2D eigenvalue weighted by molar-refractivity contribution is 0.622. The predicted molar refractivity (Wildman–Crippen MR) is 84.6 cm³/mol. The summed E-state index contributed by atoms with van der Waals surface area (Å²) < 4.78 is 14.8. The Kier molecular flexibility index (Phi) is 3.81. The molecule has 1 aromatic heterocycles. The Morgan fingerprint density at radius 3 is 2.85 bits per heavy atom. The molecule has 0 aliphatic rings. The van der Waals surface area contributed by atoms with Crippen LogP contribution >= 0.6 is 11.3 Å². The van der Waals surface area contributed by atoms with Gasteiger partial charge in [-0.3, -0.25) is 0 Å². The average Bonchev–Trinajstić information content (AvgIpc) is 2.94. The van der Waals surface area contributed by atoms with Gasteiger partial charge in [-0.25, -0.2) is 4.39 Å². The molecule has 1 N–H and O–H groups in total. The summed E-state index contributed by atoms with van der Waals surface area (Å²) in [4.78, 5) is 0. The van der Waals surface area contributed by atoms with Crippen molar-refractivity contribution in [3.63, 3.8) is 0 Å². The normalized spacial score (nSPS) is 11.1. The SMILES string of the molecule is CCNCc1cc(F)ccc1-c1cccc2ccsc12. The van der Waals surface area contributed by atoms with Crippen LogP contribution in [0.2, 0.25) is 0 Å². The third-order valence-electron chi connectivity index (χ3n) is 3.40. The van der Waals surface area contributed by atoms with E-state index >= 15 is 0 Å². The summed E-state index contributed by atoms with van der Waals surface area (Å²) in [5, 5.41) is 6.62. The Morgan fingerprint density at radius 2 is 2.00 bits per heavy atom. The van der Waals surface area contributed by atoms with Crippen LogP contribution < -0.4 is 5.32 Å². The number of hydrogen-bond donors (Lipinski definition) is 1. The van der Waals surface area contributed by atoms with Crippen LogP contribution in [0.25, 0.3) is 21.2 Å². The van der Waals surface area contributed by atoms with Crippen LogP contribution in [0.5, 0.6) is 0 Å². The zero-order chi connectivity index (χ0) is 13.9. The highest BCUT2D eigenvalue weighted by Gasteiger charge is 2.10. The first-order chi connectivity index (χ1) is 9.79. The van der Waals surface area contributed by atoms with Crippen LogP contribution in [-0.4, -0.2) is 6.54 Å². The van der Waals surface area contributed by atoms with Gasteiger partial charge >= 0.3 is 0 Å². The van der Waals surface area contributed by atoms with E-state index in [9.17, 15) is 4.39 Å². The molecule has 0 unspecified atom stereocenters. The fraction of sp³-hybridized carbons (Fsp3) is 0.176. The molecule has 2 aromatic carbocycles. The number of hydrogen-bond acceptors (Lipinski definition) is 2. The highest BCUT2D eigenvalue weighted by molar-refractivity contribution is 7.17. The molecule has 0 saturated heterocycles. The molecule has 1 nitrogen and oxygen atoms in total. The molecule has 102 valence electrons. The summed E-state index contributed by atoms with van der Waals surface area (Å²) in [7, 11) is 0. The van der Waals surface area contributed by atoms with E-state index < -0.39 is 0 Å². The first-order valence-electron chi connectivity index (χ1n) is 6.75. The predicted octanol–water partition coefficient (Wildman–Crippen LogP) is 4.82. The van der Waals surface area contributed by atoms with E-state index in [-0.39, 0.29) is 5.82 Å². The largest absolute Gasteiger partial charge is 0.313 e. The van der Waals surface area contributed by atoms with E-state index in [2.05, 4.69) is 41.9 Å². The van der Waals surface area contributed by atoms with Gasteiger partial charge in [0, 0.05) is 11.2 Å². The smallest absolute Gasteiger partial charge is 0.123 e. The second-order valence-corrected chi connectivity index (χ2v) is 5.64. The van der Waals surface area contributed by atoms with E-state index in [4.69, 9.17) is 0 Å². The van der Waals surface area contributed by atoms with Crippen LogP contribution in [0.4, 0.5) is 4.39 Å². The van der Waals surface area contributed by atoms with E-state index in [1.54, 1.807) is 17.4 Å². The maximum Gasteiger partial charge on any atom is 0.123 e. The molecule has 3 rings (SSSR count). The highest BCUT2D eigenvalue weighted by Crippen LogP contribution is 2.34. The van der Waals surface area contributed by atoms with Crippen molar-refractivity contribution < 1.29 is 4.39 Å². The molecule has 0 radical (unpaired) electrons. The summed E-state index contributed by atoms with van der Waals surface area (Å²) in [5.74, 6) is -0.181. The number of rotatable bonds is 4. The molecule has 0 atom stereocenters. The second kappa shape index (κ2) is 5.73. The molecule has 0 aliphatic heterocycles. The minimum absolute atomic E-state index is 0.181. The molecule has 0 saturated carbocycles. The monoisotopic (exact) mass is 285 g/mol. The lowest BCUT2D eigenvalue weighted by Crippen LogP contribution is -2.12. The van der Waals surface area contributed by atoms with Gasteiger partial charge in [0.2, 0.25) is 0 Å². The van der Waals surface area contributed by atoms with Crippen molar-refractivity contribution in [3.05, 3.63) is 59.2 Å². The van der Waals surface area contributed by atoms with Gasteiger partial charge in [-0.1, -0.05) is 31.2 Å². The summed E-state index contributed by atoms with van der Waals surface area (Å²) in [6, 6.07) is 13.5. The third-order valence-corrected chi connectivity index (χ3v) is 4.37. The Morgan fingerprint density at radius 1 is 1.10 bits per heavy atom. The first-order valence-corrected chi connectivity index (χ1v) is 7.63. The summed E-state index contributed by atoms with van der Waals surface area (Å²) >= 11 is 1.73. The van der Waals surface area contributed by atoms with Gasteiger partial charge in [-0.15, -0.1) is 11.3 Å². The lowest BCUT2D eigenvalue weighted by atomic mass is 9.98. The van der Waals surface area contributed by atoms with Crippen LogP contribution in [0.1, 0.15) is 12.5 Å². The van der Waals surface area contributed by atoms with Crippen molar-refractivity contribution in [2.24, 2.45) is 0 Å². The molecule has 3 aromatic rings. The Balaban J connectivity index is 2.15. The maximum absolute atomic E-state index is 13.5. The molecule has 20 heavy (non-hydrogen) atoms. The summed E-state index contributed by atoms with van der Waals surface area (Å²) in [5.41, 5.74) is 3.30. The zero-order valence-corrected chi connectivity index (χ0v) is 12.1. The van der Waals surface area contributed by atoms with E-state index in [0.29, 0.717) is 6.54 Å². The maximum atomic E-state index is 13.5. The molecule has 1 heterocycles. The topological polar surface area (TPSA) is 12.0 Å². The molecule has 3 heteroatoms. The number of benzene rings is 2. The van der Waals surface area contributed by atoms with Gasteiger partial charge in [0.15, 0.2) is 0 Å². The fourth-order valence-electron chi connectivity index (χ4n) is 2.44. The lowest BCUT2D eigenvalue weighted by Gasteiger charge is -2.11. The van der Waals surface area contributed by atoms with Crippen molar-refractivity contribution >= 4 is 21.4 Å². The second-order valence-electron chi connectivity index (χ2n) is 4.73. The van der Waals surface area contributed by atoms with Crippen LogP contribution in [0, 0.1) is 5.82 Å². The number of fused-ring (bicyclic) bond motifs is 1. The van der Waals surface area contributed by atoms with Gasteiger partial charge in [0.05, 0.1) is 0 Å². The van der Waals surface area contributed by atoms with Crippen molar-refractivity contribution in [1.29, 1.82) is 0 Å². The van der Waals surface area contributed by atoms with Gasteiger partial charge in [0.25, 0.3) is 0 Å². The molecular formula is C17H16FNS. The molecule has 0 fully saturated rings. The molecule has 0 bridgehead atoms. The van der Waals surface area contributed by atoms with Crippen LogP contribution in [-0.2, 0) is 6.54 Å². The van der Waals surface area contributed by atoms with Gasteiger partial charge in [-0.05, 0) is 52.2 Å². The van der Waals surface area contributed by atoms with Crippen molar-refractivity contribution in [1.82, 2.24) is 5.32 Å². The zero-order valence-electron chi connectivity index (χ0n) is 11.3. The van der Waals surface area contributed by atoms with Gasteiger partial charge in [-0.2, -0.15) is 0 Å². The van der Waals surface area contributed by atoms with Gasteiger partial charge < -0.3 is 5.32 Å². The van der Waals surface area contributed by atoms with E-state index in [1.807, 2.05) is 6.07 Å². The van der Waals surface area contributed by atoms with E-state index in [0.717, 1.165) is 17.7 Å². The molecular weight excluding hydrogens is 269 g/mol. The van der Waals surface area contributed by atoms with Gasteiger partial charge in [0.1, 0.15) is 5.82 Å². The quantitative estimate of drug-likeness (QED) is 0.725. The minimum Gasteiger partial charge on any atom is -0.313 e. The van der Waals surface area contributed by atoms with Crippen molar-refractivity contribution in [2.45, 2.75) is 13.5 Å². The average molecular weight is 285 g/mol. The Bertz CT molecular complexity index is 733. The summed E-state index contributed by atoms with van der Waals surface area (Å²) in [6.07, 6.45) is 0. The standard InChI is InChI=1S/C17H16FNS/c1-2-19-11-13-10-14(18)6-7-15(13)16-5-3-4-12-8-9-20-17(12)16/h3-10,19H,2,11H2,1H3. The Hall–Kier alpha value is -1.71. The molecule has 0 aliphatic carbocycles. The first kappa shape index (κ1) is 13.3. The minimum atomic E-state index is -0.181. The number of nitrogens with one attached hydrogen (secondary N) is 1. The highest BCUT2D eigenvalue weighted by atomic mass is 32.1. The van der Waals surface area contributed by atoms with Crippen molar-refractivity contribution in [2.75, 3.05) is 6.54 Å². The van der Waals surface area contributed by atoms with Crippen LogP contribution in [0.3, 0.4) is 0 Å². The van der Waals surface area contributed by atoms with Crippen molar-refractivity contribution in [3.8, 4) is 11.1 Å². The fourth-order valence-corrected chi connectivity index (χ4v) is 3.36. The van der Waals surface area contributed by atoms with E-state index in [1.165, 1.54) is 21.7 Å². The molecule has 0 spiro atoms. The number of thiophene rings is 1. The molecule has 0 amide bonds. The Labute approximate surface area is 122 Å².